The average Bonchev–Trinajstić information content (AvgIpc) is 3.27. The van der Waals surface area contributed by atoms with Gasteiger partial charge < -0.3 is 21.3 Å². The molecule has 0 unspecified atom stereocenters. The normalized spacial score (nSPS) is 17.7. The molecule has 1 aliphatic heterocycles. The topological polar surface area (TPSA) is 75.6 Å². The molecule has 0 atom stereocenters. The maximum absolute atomic E-state index is 14.8. The summed E-state index contributed by atoms with van der Waals surface area (Å²) in [5.74, 6) is -4.78. The summed E-state index contributed by atoms with van der Waals surface area (Å²) < 4.78 is 57.4. The molecular formula is C22H24F4N4O. The fourth-order valence-electron chi connectivity index (χ4n) is 4.19. The van der Waals surface area contributed by atoms with Crippen LogP contribution in [0.5, 0.6) is 0 Å². The van der Waals surface area contributed by atoms with Gasteiger partial charge in [0.2, 0.25) is 0 Å². The summed E-state index contributed by atoms with van der Waals surface area (Å²) in [5.41, 5.74) is 8.69. The van der Waals surface area contributed by atoms with Gasteiger partial charge >= 0.3 is 0 Å². The molecule has 166 valence electrons. The molecule has 1 saturated carbocycles. The van der Waals surface area contributed by atoms with E-state index in [9.17, 15) is 22.4 Å². The van der Waals surface area contributed by atoms with E-state index < -0.39 is 46.1 Å². The Balaban J connectivity index is 1.72. The lowest BCUT2D eigenvalue weighted by molar-refractivity contribution is 0.0972. The maximum atomic E-state index is 14.8. The Morgan fingerprint density at radius 3 is 2.10 bits per heavy atom. The van der Waals surface area contributed by atoms with E-state index in [-0.39, 0.29) is 17.6 Å². The number of rotatable bonds is 6. The highest BCUT2D eigenvalue weighted by Crippen LogP contribution is 2.48. The SMILES string of the molecule is Nc1cc(F)c(C(=O)N(CC2(CN3CCCC3)CC2)c2cc(F)c(N)cc2F)cc1F. The van der Waals surface area contributed by atoms with Gasteiger partial charge in [-0.15, -0.1) is 0 Å². The first kappa shape index (κ1) is 21.4. The molecule has 1 saturated heterocycles. The zero-order chi connectivity index (χ0) is 22.3. The van der Waals surface area contributed by atoms with Gasteiger partial charge in [0.25, 0.3) is 5.91 Å². The molecule has 9 heteroatoms. The van der Waals surface area contributed by atoms with Crippen molar-refractivity contribution in [1.82, 2.24) is 4.90 Å². The number of anilines is 3. The minimum absolute atomic E-state index is 0.0496. The highest BCUT2D eigenvalue weighted by atomic mass is 19.1. The monoisotopic (exact) mass is 436 g/mol. The van der Waals surface area contributed by atoms with Crippen molar-refractivity contribution in [2.75, 3.05) is 42.5 Å². The van der Waals surface area contributed by atoms with E-state index in [0.29, 0.717) is 18.7 Å². The van der Waals surface area contributed by atoms with Crippen LogP contribution in [0.3, 0.4) is 0 Å². The second-order valence-electron chi connectivity index (χ2n) is 8.55. The number of carbonyl (C=O) groups excluding carboxylic acids is 1. The van der Waals surface area contributed by atoms with Gasteiger partial charge in [-0.2, -0.15) is 0 Å². The van der Waals surface area contributed by atoms with E-state index in [2.05, 4.69) is 4.90 Å². The third-order valence-corrected chi connectivity index (χ3v) is 6.13. The number of nitrogen functional groups attached to an aromatic ring is 2. The molecule has 1 amide bonds. The van der Waals surface area contributed by atoms with E-state index in [1.165, 1.54) is 0 Å². The van der Waals surface area contributed by atoms with Crippen LogP contribution in [0.2, 0.25) is 0 Å². The highest BCUT2D eigenvalue weighted by molar-refractivity contribution is 6.06. The van der Waals surface area contributed by atoms with Crippen LogP contribution in [0.1, 0.15) is 36.0 Å². The van der Waals surface area contributed by atoms with Crippen LogP contribution in [0, 0.1) is 28.7 Å². The van der Waals surface area contributed by atoms with Crippen LogP contribution >= 0.6 is 0 Å². The Morgan fingerprint density at radius 2 is 1.48 bits per heavy atom. The number of nitrogens with two attached hydrogens (primary N) is 2. The maximum Gasteiger partial charge on any atom is 0.261 e. The molecule has 4 rings (SSSR count). The number of carbonyl (C=O) groups is 1. The number of halogens is 4. The van der Waals surface area contributed by atoms with E-state index in [4.69, 9.17) is 11.5 Å². The quantitative estimate of drug-likeness (QED) is 0.532. The zero-order valence-corrected chi connectivity index (χ0v) is 16.9. The molecule has 4 N–H and O–H groups in total. The van der Waals surface area contributed by atoms with Crippen molar-refractivity contribution in [3.63, 3.8) is 0 Å². The van der Waals surface area contributed by atoms with Crippen LogP contribution in [0.15, 0.2) is 24.3 Å². The summed E-state index contributed by atoms with van der Waals surface area (Å²) in [6.07, 6.45) is 3.77. The lowest BCUT2D eigenvalue weighted by Gasteiger charge is -2.31. The van der Waals surface area contributed by atoms with Gasteiger partial charge in [-0.05, 0) is 44.8 Å². The van der Waals surface area contributed by atoms with E-state index in [1.807, 2.05) is 0 Å². The molecule has 0 bridgehead atoms. The molecule has 2 aromatic rings. The van der Waals surface area contributed by atoms with Crippen molar-refractivity contribution in [2.24, 2.45) is 5.41 Å². The molecule has 1 aliphatic carbocycles. The second kappa shape index (κ2) is 8.03. The molecule has 2 fully saturated rings. The average molecular weight is 436 g/mol. The number of benzene rings is 2. The zero-order valence-electron chi connectivity index (χ0n) is 16.9. The largest absolute Gasteiger partial charge is 0.396 e. The predicted molar refractivity (Wildman–Crippen MR) is 111 cm³/mol. The molecule has 2 aromatic carbocycles. The Bertz CT molecular complexity index is 1020. The van der Waals surface area contributed by atoms with Gasteiger partial charge in [0.05, 0.1) is 22.6 Å². The first-order valence-corrected chi connectivity index (χ1v) is 10.2. The minimum Gasteiger partial charge on any atom is -0.396 e. The van der Waals surface area contributed by atoms with E-state index in [0.717, 1.165) is 55.8 Å². The molecule has 2 aliphatic rings. The van der Waals surface area contributed by atoms with Crippen LogP contribution in [0.4, 0.5) is 34.6 Å². The van der Waals surface area contributed by atoms with E-state index >= 15 is 0 Å². The van der Waals surface area contributed by atoms with Gasteiger partial charge in [-0.3, -0.25) is 4.79 Å². The molecule has 0 radical (unpaired) electrons. The van der Waals surface area contributed by atoms with Crippen molar-refractivity contribution < 1.29 is 22.4 Å². The van der Waals surface area contributed by atoms with Crippen LogP contribution < -0.4 is 16.4 Å². The van der Waals surface area contributed by atoms with E-state index in [1.54, 1.807) is 0 Å². The second-order valence-corrected chi connectivity index (χ2v) is 8.55. The standard InChI is InChI=1S/C22H24F4N4O/c23-14-8-18(27)15(24)7-13(14)21(31)30(20-10-16(25)19(28)9-17(20)26)12-22(3-4-22)11-29-5-1-2-6-29/h7-10H,1-6,11-12,27-28H2. The van der Waals surface area contributed by atoms with Gasteiger partial charge in [0.1, 0.15) is 23.3 Å². The third kappa shape index (κ3) is 4.32. The third-order valence-electron chi connectivity index (χ3n) is 6.13. The molecular weight excluding hydrogens is 412 g/mol. The Kier molecular flexibility index (Phi) is 5.55. The summed E-state index contributed by atoms with van der Waals surface area (Å²) in [6.45, 7) is 2.64. The predicted octanol–water partition coefficient (Wildman–Crippen LogP) is 3.93. The van der Waals surface area contributed by atoms with Crippen molar-refractivity contribution in [3.05, 3.63) is 53.1 Å². The van der Waals surface area contributed by atoms with Crippen molar-refractivity contribution in [1.29, 1.82) is 0 Å². The summed E-state index contributed by atoms with van der Waals surface area (Å²) >= 11 is 0. The Hall–Kier alpha value is -2.81. The van der Waals surface area contributed by atoms with Crippen LogP contribution in [0.25, 0.3) is 0 Å². The van der Waals surface area contributed by atoms with Gasteiger partial charge in [-0.25, -0.2) is 17.6 Å². The van der Waals surface area contributed by atoms with Crippen molar-refractivity contribution in [2.45, 2.75) is 25.7 Å². The molecule has 31 heavy (non-hydrogen) atoms. The number of likely N-dealkylation sites (tertiary alicyclic amines) is 1. The first-order chi connectivity index (χ1) is 14.7. The Labute approximate surface area is 177 Å². The van der Waals surface area contributed by atoms with Crippen LogP contribution in [-0.2, 0) is 0 Å². The summed E-state index contributed by atoms with van der Waals surface area (Å²) in [7, 11) is 0. The number of nitrogens with zero attached hydrogens (tertiary/aromatic N) is 2. The fraction of sp³-hybridized carbons (Fsp3) is 0.409. The van der Waals surface area contributed by atoms with Crippen molar-refractivity contribution >= 4 is 23.0 Å². The number of amides is 1. The lowest BCUT2D eigenvalue weighted by atomic mass is 10.0. The highest BCUT2D eigenvalue weighted by Gasteiger charge is 2.47. The molecule has 0 aromatic heterocycles. The summed E-state index contributed by atoms with van der Waals surface area (Å²) in [5, 5.41) is 0. The summed E-state index contributed by atoms with van der Waals surface area (Å²) in [6, 6.07) is 2.99. The van der Waals surface area contributed by atoms with Gasteiger partial charge in [-0.1, -0.05) is 0 Å². The van der Waals surface area contributed by atoms with Gasteiger partial charge in [0, 0.05) is 36.7 Å². The lowest BCUT2D eigenvalue weighted by Crippen LogP contribution is -2.41. The summed E-state index contributed by atoms with van der Waals surface area (Å²) in [4.78, 5) is 16.5. The molecule has 0 spiro atoms. The smallest absolute Gasteiger partial charge is 0.261 e. The molecule has 5 nitrogen and oxygen atoms in total. The fourth-order valence-corrected chi connectivity index (χ4v) is 4.19. The molecule has 1 heterocycles. The number of hydrogen-bond donors (Lipinski definition) is 2. The minimum atomic E-state index is -1.03. The first-order valence-electron chi connectivity index (χ1n) is 10.2. The van der Waals surface area contributed by atoms with Gasteiger partial charge in [0.15, 0.2) is 0 Å². The number of hydrogen-bond acceptors (Lipinski definition) is 4. The van der Waals surface area contributed by atoms with Crippen LogP contribution in [-0.4, -0.2) is 37.0 Å². The Morgan fingerprint density at radius 1 is 0.903 bits per heavy atom. The van der Waals surface area contributed by atoms with Crippen molar-refractivity contribution in [3.8, 4) is 0 Å².